The van der Waals surface area contributed by atoms with Crippen LogP contribution in [0.5, 0.6) is 0 Å². The first kappa shape index (κ1) is 19.3. The van der Waals surface area contributed by atoms with Crippen molar-refractivity contribution >= 4 is 16.8 Å². The monoisotopic (exact) mass is 429 g/mol. The van der Waals surface area contributed by atoms with Crippen molar-refractivity contribution in [2.24, 2.45) is 7.05 Å². The summed E-state index contributed by atoms with van der Waals surface area (Å²) in [5.74, 6) is -5.11. The first-order valence-electron chi connectivity index (χ1n) is 9.46. The summed E-state index contributed by atoms with van der Waals surface area (Å²) in [5, 5.41) is 11.2. The molecule has 5 rings (SSSR count). The zero-order valence-corrected chi connectivity index (χ0v) is 16.2. The van der Waals surface area contributed by atoms with Crippen molar-refractivity contribution in [2.75, 3.05) is 6.54 Å². The van der Waals surface area contributed by atoms with E-state index in [1.807, 2.05) is 0 Å². The molecular weight excluding hydrogens is 414 g/mol. The third-order valence-electron chi connectivity index (χ3n) is 5.49. The molecular formula is C21H15F4N5O. The van der Waals surface area contributed by atoms with Crippen LogP contribution in [0.3, 0.4) is 0 Å². The van der Waals surface area contributed by atoms with Crippen LogP contribution in [-0.4, -0.2) is 37.3 Å². The molecule has 1 amide bonds. The fourth-order valence-electron chi connectivity index (χ4n) is 4.08. The van der Waals surface area contributed by atoms with Crippen LogP contribution in [-0.2, 0) is 20.0 Å². The molecule has 158 valence electrons. The van der Waals surface area contributed by atoms with Gasteiger partial charge in [0.15, 0.2) is 23.1 Å². The second-order valence-corrected chi connectivity index (χ2v) is 7.36. The lowest BCUT2D eigenvalue weighted by atomic mass is 9.99. The van der Waals surface area contributed by atoms with E-state index in [2.05, 4.69) is 15.3 Å². The van der Waals surface area contributed by atoms with Crippen molar-refractivity contribution in [3.05, 3.63) is 70.6 Å². The Morgan fingerprint density at radius 1 is 1.10 bits per heavy atom. The average molecular weight is 429 g/mol. The molecule has 6 nitrogen and oxygen atoms in total. The molecule has 2 aromatic heterocycles. The van der Waals surface area contributed by atoms with Crippen LogP contribution in [0, 0.1) is 23.3 Å². The third kappa shape index (κ3) is 2.97. The van der Waals surface area contributed by atoms with Crippen molar-refractivity contribution in [1.82, 2.24) is 24.9 Å². The molecule has 0 bridgehead atoms. The van der Waals surface area contributed by atoms with Crippen LogP contribution in [0.1, 0.15) is 21.7 Å². The van der Waals surface area contributed by atoms with Gasteiger partial charge in [-0.2, -0.15) is 10.2 Å². The van der Waals surface area contributed by atoms with Crippen LogP contribution in [0.25, 0.3) is 22.2 Å². The highest BCUT2D eigenvalue weighted by atomic mass is 19.2. The lowest BCUT2D eigenvalue weighted by Crippen LogP contribution is -2.36. The van der Waals surface area contributed by atoms with Crippen molar-refractivity contribution in [3.8, 4) is 11.3 Å². The Hall–Kier alpha value is -3.69. The van der Waals surface area contributed by atoms with Gasteiger partial charge in [-0.15, -0.1) is 0 Å². The number of aryl methyl sites for hydroxylation is 1. The van der Waals surface area contributed by atoms with Crippen molar-refractivity contribution in [1.29, 1.82) is 0 Å². The highest BCUT2D eigenvalue weighted by Gasteiger charge is 2.30. The highest BCUT2D eigenvalue weighted by molar-refractivity contribution is 6.04. The van der Waals surface area contributed by atoms with E-state index in [1.165, 1.54) is 21.7 Å². The second-order valence-electron chi connectivity index (χ2n) is 7.36. The lowest BCUT2D eigenvalue weighted by molar-refractivity contribution is 0.0728. The van der Waals surface area contributed by atoms with E-state index in [-0.39, 0.29) is 29.7 Å². The van der Waals surface area contributed by atoms with E-state index >= 15 is 0 Å². The van der Waals surface area contributed by atoms with Gasteiger partial charge in [0, 0.05) is 24.7 Å². The fourth-order valence-corrected chi connectivity index (χ4v) is 4.08. The molecule has 0 fully saturated rings. The van der Waals surface area contributed by atoms with E-state index in [9.17, 15) is 22.4 Å². The van der Waals surface area contributed by atoms with Crippen molar-refractivity contribution in [2.45, 2.75) is 13.0 Å². The summed E-state index contributed by atoms with van der Waals surface area (Å²) in [6, 6.07) is 6.25. The van der Waals surface area contributed by atoms with E-state index in [1.54, 1.807) is 13.1 Å². The number of rotatable bonds is 2. The summed E-state index contributed by atoms with van der Waals surface area (Å²) >= 11 is 0. The number of H-pyrrole nitrogens is 1. The molecule has 1 N–H and O–H groups in total. The number of amides is 1. The van der Waals surface area contributed by atoms with Gasteiger partial charge in [-0.05, 0) is 30.7 Å². The minimum Gasteiger partial charge on any atom is -0.331 e. The molecule has 0 saturated carbocycles. The van der Waals surface area contributed by atoms with Crippen LogP contribution in [0.15, 0.2) is 30.3 Å². The number of carbonyl (C=O) groups is 1. The molecule has 0 saturated heterocycles. The maximum Gasteiger partial charge on any atom is 0.275 e. The van der Waals surface area contributed by atoms with Gasteiger partial charge in [0.1, 0.15) is 5.82 Å². The summed E-state index contributed by atoms with van der Waals surface area (Å²) in [7, 11) is 1.61. The summed E-state index contributed by atoms with van der Waals surface area (Å²) in [4.78, 5) is 14.5. The number of aromatic amines is 1. The highest BCUT2D eigenvalue weighted by Crippen LogP contribution is 2.32. The molecule has 2 aromatic carbocycles. The Kier molecular flexibility index (Phi) is 4.31. The molecule has 31 heavy (non-hydrogen) atoms. The summed E-state index contributed by atoms with van der Waals surface area (Å²) in [6.45, 7) is 0.399. The molecule has 3 heterocycles. The Morgan fingerprint density at radius 2 is 1.84 bits per heavy atom. The first-order chi connectivity index (χ1) is 14.8. The maximum atomic E-state index is 14.2. The smallest absolute Gasteiger partial charge is 0.275 e. The zero-order valence-electron chi connectivity index (χ0n) is 16.2. The third-order valence-corrected chi connectivity index (χ3v) is 5.49. The molecule has 0 aliphatic carbocycles. The van der Waals surface area contributed by atoms with Gasteiger partial charge in [-0.3, -0.25) is 14.6 Å². The van der Waals surface area contributed by atoms with Crippen LogP contribution < -0.4 is 0 Å². The zero-order chi connectivity index (χ0) is 21.9. The van der Waals surface area contributed by atoms with Crippen molar-refractivity contribution in [3.63, 3.8) is 0 Å². The number of hydrogen-bond donors (Lipinski definition) is 1. The number of fused-ring (bicyclic) bond motifs is 2. The number of nitrogens with zero attached hydrogens (tertiary/aromatic N) is 4. The standard InChI is InChI=1S/C21H15F4N5O/c1-29-20(10-7-13(23)18(25)14(24)8-10)11-5-6-30(9-16(11)28-29)21(31)19-17-12(22)3-2-4-15(17)26-27-19/h2-4,7-8H,5-6,9H2,1H3,(H,26,27). The minimum atomic E-state index is -1.53. The van der Waals surface area contributed by atoms with Gasteiger partial charge < -0.3 is 4.90 Å². The van der Waals surface area contributed by atoms with Crippen LogP contribution >= 0.6 is 0 Å². The van der Waals surface area contributed by atoms with E-state index < -0.39 is 29.2 Å². The van der Waals surface area contributed by atoms with Gasteiger partial charge in [-0.1, -0.05) is 6.07 Å². The van der Waals surface area contributed by atoms with Gasteiger partial charge in [-0.25, -0.2) is 17.6 Å². The fraction of sp³-hybridized carbons (Fsp3) is 0.190. The Labute approximate surface area is 173 Å². The van der Waals surface area contributed by atoms with Gasteiger partial charge >= 0.3 is 0 Å². The summed E-state index contributed by atoms with van der Waals surface area (Å²) < 4.78 is 56.5. The number of hydrogen-bond acceptors (Lipinski definition) is 3. The number of benzene rings is 2. The molecule has 0 spiro atoms. The quantitative estimate of drug-likeness (QED) is 0.390. The van der Waals surface area contributed by atoms with Crippen LogP contribution in [0.2, 0.25) is 0 Å². The Morgan fingerprint density at radius 3 is 2.58 bits per heavy atom. The first-order valence-corrected chi connectivity index (χ1v) is 9.46. The number of carbonyl (C=O) groups excluding carboxylic acids is 1. The second kappa shape index (κ2) is 6.93. The molecule has 1 aliphatic heterocycles. The largest absolute Gasteiger partial charge is 0.331 e. The van der Waals surface area contributed by atoms with Crippen molar-refractivity contribution < 1.29 is 22.4 Å². The SMILES string of the molecule is Cn1nc2c(c1-c1cc(F)c(F)c(F)c1)CCN(C(=O)c1n[nH]c3cccc(F)c13)C2. The molecule has 0 radical (unpaired) electrons. The molecule has 0 atom stereocenters. The number of nitrogens with one attached hydrogen (secondary N) is 1. The predicted octanol–water partition coefficient (Wildman–Crippen LogP) is 3.72. The Bertz CT molecular complexity index is 1340. The predicted molar refractivity (Wildman–Crippen MR) is 103 cm³/mol. The maximum absolute atomic E-state index is 14.2. The average Bonchev–Trinajstić information content (AvgIpc) is 3.31. The van der Waals surface area contributed by atoms with E-state index in [0.717, 1.165) is 17.7 Å². The van der Waals surface area contributed by atoms with Crippen LogP contribution in [0.4, 0.5) is 17.6 Å². The van der Waals surface area contributed by atoms with E-state index in [4.69, 9.17) is 0 Å². The topological polar surface area (TPSA) is 66.8 Å². The van der Waals surface area contributed by atoms with Gasteiger partial charge in [0.2, 0.25) is 0 Å². The summed E-state index contributed by atoms with van der Waals surface area (Å²) in [6.07, 6.45) is 0.357. The Balaban J connectivity index is 1.49. The van der Waals surface area contributed by atoms with Gasteiger partial charge in [0.05, 0.1) is 28.8 Å². The summed E-state index contributed by atoms with van der Waals surface area (Å²) in [5.41, 5.74) is 2.28. The molecule has 1 aliphatic rings. The normalized spacial score (nSPS) is 13.6. The molecule has 4 aromatic rings. The lowest BCUT2D eigenvalue weighted by Gasteiger charge is -2.26. The van der Waals surface area contributed by atoms with E-state index in [0.29, 0.717) is 23.3 Å². The molecule has 0 unspecified atom stereocenters. The molecule has 10 heteroatoms. The minimum absolute atomic E-state index is 0.0182. The number of halogens is 4. The van der Waals surface area contributed by atoms with Gasteiger partial charge in [0.25, 0.3) is 5.91 Å². The number of aromatic nitrogens is 4.